The van der Waals surface area contributed by atoms with Crippen LogP contribution in [0.2, 0.25) is 0 Å². The monoisotopic (exact) mass is 346 g/mol. The molecule has 7 nitrogen and oxygen atoms in total. The Morgan fingerprint density at radius 2 is 1.26 bits per heavy atom. The van der Waals surface area contributed by atoms with Gasteiger partial charge in [-0.15, -0.1) is 0 Å². The predicted octanol–water partition coefficient (Wildman–Crippen LogP) is 1.78. The minimum absolute atomic E-state index is 0.0666. The van der Waals surface area contributed by atoms with E-state index in [0.717, 1.165) is 5.56 Å². The molecule has 0 amide bonds. The Balaban J connectivity index is 0.000000231. The average molecular weight is 346 g/mol. The first-order valence-corrected chi connectivity index (χ1v) is 8.52. The van der Waals surface area contributed by atoms with Crippen molar-refractivity contribution in [2.45, 2.75) is 11.8 Å². The molecule has 0 aromatic heterocycles. The summed E-state index contributed by atoms with van der Waals surface area (Å²) in [6, 6.07) is 5.99. The molecule has 0 atom stereocenters. The number of benzene rings is 1. The van der Waals surface area contributed by atoms with Crippen LogP contribution in [-0.2, 0) is 29.1 Å². The number of aryl methyl sites for hydroxylation is 1. The van der Waals surface area contributed by atoms with E-state index >= 15 is 0 Å². The number of hydrogen-bond donors (Lipinski definition) is 1. The third-order valence-corrected chi connectivity index (χ3v) is 3.50. The lowest BCUT2D eigenvalue weighted by atomic mass is 10.2. The summed E-state index contributed by atoms with van der Waals surface area (Å²) in [5, 5.41) is 0. The van der Waals surface area contributed by atoms with Crippen LogP contribution in [0.5, 0.6) is 0 Å². The van der Waals surface area contributed by atoms with E-state index in [2.05, 4.69) is 0 Å². The molecule has 130 valence electrons. The lowest BCUT2D eigenvalue weighted by Gasteiger charge is -2.07. The molecular formula is C15H22O7S. The van der Waals surface area contributed by atoms with Gasteiger partial charge in [0.2, 0.25) is 0 Å². The molecule has 1 heterocycles. The van der Waals surface area contributed by atoms with E-state index in [1.165, 1.54) is 24.7 Å². The molecule has 0 saturated carbocycles. The molecule has 23 heavy (non-hydrogen) atoms. The Morgan fingerprint density at radius 3 is 1.70 bits per heavy atom. The van der Waals surface area contributed by atoms with Crippen LogP contribution in [0.3, 0.4) is 0 Å². The highest BCUT2D eigenvalue weighted by Gasteiger charge is 2.06. The molecule has 1 aliphatic heterocycles. The fraction of sp³-hybridized carbons (Fsp3) is 0.467. The van der Waals surface area contributed by atoms with Crippen molar-refractivity contribution >= 4 is 10.1 Å². The summed E-state index contributed by atoms with van der Waals surface area (Å²) in [5.41, 5.74) is 0.956. The van der Waals surface area contributed by atoms with Crippen molar-refractivity contribution in [3.63, 3.8) is 0 Å². The van der Waals surface area contributed by atoms with Gasteiger partial charge in [-0.3, -0.25) is 4.55 Å². The van der Waals surface area contributed by atoms with Crippen molar-refractivity contribution in [1.29, 1.82) is 0 Å². The van der Waals surface area contributed by atoms with E-state index in [0.29, 0.717) is 39.6 Å². The second-order valence-corrected chi connectivity index (χ2v) is 5.95. The summed E-state index contributed by atoms with van der Waals surface area (Å²) in [6.07, 6.45) is 3.04. The summed E-state index contributed by atoms with van der Waals surface area (Å²) >= 11 is 0. The van der Waals surface area contributed by atoms with Gasteiger partial charge in [0.25, 0.3) is 10.1 Å². The first-order valence-electron chi connectivity index (χ1n) is 7.08. The van der Waals surface area contributed by atoms with Crippen molar-refractivity contribution in [2.24, 2.45) is 0 Å². The van der Waals surface area contributed by atoms with Crippen LogP contribution in [0.4, 0.5) is 0 Å². The van der Waals surface area contributed by atoms with Gasteiger partial charge in [0.15, 0.2) is 0 Å². The minimum Gasteiger partial charge on any atom is -0.496 e. The molecule has 0 spiro atoms. The van der Waals surface area contributed by atoms with Gasteiger partial charge in [0.1, 0.15) is 25.7 Å². The molecule has 1 N–H and O–H groups in total. The molecule has 0 bridgehead atoms. The molecule has 0 aliphatic carbocycles. The maximum absolute atomic E-state index is 10.5. The van der Waals surface area contributed by atoms with Crippen LogP contribution in [-0.4, -0.2) is 52.6 Å². The van der Waals surface area contributed by atoms with Crippen LogP contribution < -0.4 is 0 Å². The van der Waals surface area contributed by atoms with Crippen molar-refractivity contribution in [1.82, 2.24) is 0 Å². The van der Waals surface area contributed by atoms with Crippen molar-refractivity contribution < 1.29 is 31.9 Å². The Morgan fingerprint density at radius 1 is 0.826 bits per heavy atom. The molecule has 1 aromatic carbocycles. The average Bonchev–Trinajstić information content (AvgIpc) is 2.48. The van der Waals surface area contributed by atoms with Gasteiger partial charge in [-0.05, 0) is 19.1 Å². The SMILES string of the molecule is C1=COCCOCCOCCO1.Cc1ccc(S(=O)(=O)O)cc1. The van der Waals surface area contributed by atoms with E-state index < -0.39 is 10.1 Å². The summed E-state index contributed by atoms with van der Waals surface area (Å²) < 4.78 is 50.0. The van der Waals surface area contributed by atoms with Crippen LogP contribution >= 0.6 is 0 Å². The Bertz CT molecular complexity index is 538. The van der Waals surface area contributed by atoms with Crippen molar-refractivity contribution in [2.75, 3.05) is 39.6 Å². The molecule has 1 aliphatic rings. The van der Waals surface area contributed by atoms with Crippen molar-refractivity contribution in [3.8, 4) is 0 Å². The summed E-state index contributed by atoms with van der Waals surface area (Å²) in [7, 11) is -4.02. The third kappa shape index (κ3) is 9.90. The largest absolute Gasteiger partial charge is 0.496 e. The summed E-state index contributed by atoms with van der Waals surface area (Å²) in [4.78, 5) is -0.0666. The number of hydrogen-bond acceptors (Lipinski definition) is 6. The number of ether oxygens (including phenoxy) is 4. The van der Waals surface area contributed by atoms with Gasteiger partial charge < -0.3 is 18.9 Å². The zero-order valence-corrected chi connectivity index (χ0v) is 13.8. The highest BCUT2D eigenvalue weighted by atomic mass is 32.2. The molecule has 2 rings (SSSR count). The van der Waals surface area contributed by atoms with Crippen molar-refractivity contribution in [3.05, 3.63) is 42.4 Å². The maximum Gasteiger partial charge on any atom is 0.294 e. The Hall–Kier alpha value is -1.61. The second-order valence-electron chi connectivity index (χ2n) is 4.53. The van der Waals surface area contributed by atoms with Gasteiger partial charge in [0.05, 0.1) is 31.3 Å². The van der Waals surface area contributed by atoms with Gasteiger partial charge in [0, 0.05) is 0 Å². The van der Waals surface area contributed by atoms with Gasteiger partial charge in [-0.1, -0.05) is 17.7 Å². The van der Waals surface area contributed by atoms with E-state index in [-0.39, 0.29) is 4.90 Å². The van der Waals surface area contributed by atoms with E-state index in [4.69, 9.17) is 23.5 Å². The zero-order chi connectivity index (χ0) is 17.0. The summed E-state index contributed by atoms with van der Waals surface area (Å²) in [6.45, 7) is 5.37. The lowest BCUT2D eigenvalue weighted by molar-refractivity contribution is 0.0116. The minimum atomic E-state index is -4.02. The first-order chi connectivity index (χ1) is 11.0. The molecule has 0 radical (unpaired) electrons. The quantitative estimate of drug-likeness (QED) is 0.775. The maximum atomic E-state index is 10.5. The summed E-state index contributed by atoms with van der Waals surface area (Å²) in [5.74, 6) is 0. The van der Waals surface area contributed by atoms with E-state index in [1.807, 2.05) is 6.92 Å². The Kier molecular flexibility index (Phi) is 9.30. The van der Waals surface area contributed by atoms with Gasteiger partial charge in [-0.2, -0.15) is 8.42 Å². The highest BCUT2D eigenvalue weighted by Crippen LogP contribution is 2.08. The molecule has 0 saturated heterocycles. The predicted molar refractivity (Wildman–Crippen MR) is 83.7 cm³/mol. The van der Waals surface area contributed by atoms with Crippen LogP contribution in [0, 0.1) is 6.92 Å². The van der Waals surface area contributed by atoms with Gasteiger partial charge >= 0.3 is 0 Å². The standard InChI is InChI=1S/C8H14O4.C7H8O3S/c1-2-10-5-6-12-8-7-11-4-3-9-1;1-6-2-4-7(5-3-6)11(8,9)10/h1-2H,3-8H2;2-5H,1H3,(H,8,9,10). The topological polar surface area (TPSA) is 91.3 Å². The lowest BCUT2D eigenvalue weighted by Crippen LogP contribution is -2.11. The van der Waals surface area contributed by atoms with Crippen LogP contribution in [0.15, 0.2) is 41.7 Å². The fourth-order valence-corrected chi connectivity index (χ4v) is 1.94. The normalized spacial score (nSPS) is 16.6. The van der Waals surface area contributed by atoms with Crippen LogP contribution in [0.1, 0.15) is 5.56 Å². The highest BCUT2D eigenvalue weighted by molar-refractivity contribution is 7.85. The second kappa shape index (κ2) is 11.0. The molecule has 1 aromatic rings. The molecule has 8 heteroatoms. The zero-order valence-electron chi connectivity index (χ0n) is 13.0. The third-order valence-electron chi connectivity index (χ3n) is 2.63. The fourth-order valence-electron chi connectivity index (χ4n) is 1.46. The van der Waals surface area contributed by atoms with Gasteiger partial charge in [-0.25, -0.2) is 0 Å². The van der Waals surface area contributed by atoms with E-state index in [1.54, 1.807) is 12.1 Å². The smallest absolute Gasteiger partial charge is 0.294 e. The van der Waals surface area contributed by atoms with Crippen LogP contribution in [0.25, 0.3) is 0 Å². The number of rotatable bonds is 1. The van der Waals surface area contributed by atoms with E-state index in [9.17, 15) is 8.42 Å². The molecule has 0 unspecified atom stereocenters. The molecule has 0 fully saturated rings. The Labute approximate surface area is 136 Å². The molecular weight excluding hydrogens is 324 g/mol. The first kappa shape index (κ1) is 19.4.